The van der Waals surface area contributed by atoms with Crippen LogP contribution in [0.4, 0.5) is 0 Å². The van der Waals surface area contributed by atoms with Crippen LogP contribution >= 0.6 is 0 Å². The highest BCUT2D eigenvalue weighted by Crippen LogP contribution is 2.33. The molecular weight excluding hydrogens is 218 g/mol. The van der Waals surface area contributed by atoms with Crippen LogP contribution in [-0.4, -0.2) is 13.6 Å². The fourth-order valence-corrected chi connectivity index (χ4v) is 2.77. The maximum absolute atomic E-state index is 3.36. The van der Waals surface area contributed by atoms with Gasteiger partial charge in [-0.1, -0.05) is 38.5 Å². The molecule has 1 atom stereocenters. The smallest absolute Gasteiger partial charge is 0.000780 e. The number of hydrogen-bond acceptors (Lipinski definition) is 1. The lowest BCUT2D eigenvalue weighted by Gasteiger charge is -2.35. The van der Waals surface area contributed by atoms with Gasteiger partial charge in [-0.05, 0) is 62.3 Å². The lowest BCUT2D eigenvalue weighted by Crippen LogP contribution is -2.36. The van der Waals surface area contributed by atoms with Gasteiger partial charge in [0.1, 0.15) is 0 Å². The van der Waals surface area contributed by atoms with Crippen molar-refractivity contribution in [3.63, 3.8) is 0 Å². The summed E-state index contributed by atoms with van der Waals surface area (Å²) >= 11 is 0. The van der Waals surface area contributed by atoms with E-state index in [0.717, 1.165) is 13.0 Å². The van der Waals surface area contributed by atoms with Crippen LogP contribution in [0.25, 0.3) is 0 Å². The van der Waals surface area contributed by atoms with Crippen molar-refractivity contribution >= 4 is 0 Å². The first-order chi connectivity index (χ1) is 8.30. The Morgan fingerprint density at radius 3 is 2.00 bits per heavy atom. The van der Waals surface area contributed by atoms with E-state index in [1.165, 1.54) is 22.3 Å². The van der Waals surface area contributed by atoms with E-state index in [-0.39, 0.29) is 0 Å². The number of rotatable bonds is 5. The fraction of sp³-hybridized carbons (Fsp3) is 0.647. The lowest BCUT2D eigenvalue weighted by molar-refractivity contribution is 0.212. The monoisotopic (exact) mass is 247 g/mol. The van der Waals surface area contributed by atoms with Crippen molar-refractivity contribution in [3.05, 3.63) is 34.4 Å². The molecule has 1 nitrogen and oxygen atoms in total. The molecule has 0 spiro atoms. The molecule has 1 rings (SSSR count). The molecule has 1 unspecified atom stereocenters. The molecule has 1 aromatic rings. The normalized spacial score (nSPS) is 14.9. The van der Waals surface area contributed by atoms with Crippen molar-refractivity contribution in [2.45, 2.75) is 48.0 Å². The molecule has 0 aliphatic heterocycles. The predicted molar refractivity (Wildman–Crippen MR) is 81.2 cm³/mol. The molecule has 0 saturated carbocycles. The van der Waals surface area contributed by atoms with E-state index in [1.807, 2.05) is 0 Å². The van der Waals surface area contributed by atoms with Gasteiger partial charge in [0.2, 0.25) is 0 Å². The molecule has 1 heteroatoms. The maximum Gasteiger partial charge on any atom is 0.000780 e. The van der Waals surface area contributed by atoms with Gasteiger partial charge in [-0.2, -0.15) is 0 Å². The molecule has 0 radical (unpaired) electrons. The van der Waals surface area contributed by atoms with Gasteiger partial charge in [-0.25, -0.2) is 0 Å². The summed E-state index contributed by atoms with van der Waals surface area (Å²) in [5, 5.41) is 3.36. The van der Waals surface area contributed by atoms with E-state index in [1.54, 1.807) is 0 Å². The predicted octanol–water partition coefficient (Wildman–Crippen LogP) is 4.04. The van der Waals surface area contributed by atoms with Crippen LogP contribution < -0.4 is 5.32 Å². The van der Waals surface area contributed by atoms with Crippen LogP contribution in [0.2, 0.25) is 0 Å². The minimum Gasteiger partial charge on any atom is -0.319 e. The molecule has 0 aromatic heterocycles. The minimum absolute atomic E-state index is 0.319. The third-order valence-corrected chi connectivity index (χ3v) is 4.40. The number of hydrogen-bond donors (Lipinski definition) is 1. The largest absolute Gasteiger partial charge is 0.319 e. The fourth-order valence-electron chi connectivity index (χ4n) is 2.77. The molecule has 18 heavy (non-hydrogen) atoms. The van der Waals surface area contributed by atoms with Crippen molar-refractivity contribution in [1.82, 2.24) is 5.32 Å². The first-order valence-electron chi connectivity index (χ1n) is 7.01. The highest BCUT2D eigenvalue weighted by atomic mass is 14.8. The van der Waals surface area contributed by atoms with Crippen molar-refractivity contribution in [3.8, 4) is 0 Å². The number of aryl methyl sites for hydroxylation is 3. The Labute approximate surface area is 113 Å². The summed E-state index contributed by atoms with van der Waals surface area (Å²) in [6.45, 7) is 14.8. The van der Waals surface area contributed by atoms with Crippen molar-refractivity contribution in [2.24, 2.45) is 11.3 Å². The topological polar surface area (TPSA) is 12.0 Å². The van der Waals surface area contributed by atoms with Crippen LogP contribution in [0.15, 0.2) is 12.1 Å². The van der Waals surface area contributed by atoms with E-state index in [2.05, 4.69) is 66.0 Å². The van der Waals surface area contributed by atoms with Crippen LogP contribution in [-0.2, 0) is 6.42 Å². The molecule has 0 fully saturated rings. The van der Waals surface area contributed by atoms with E-state index in [0.29, 0.717) is 11.3 Å². The first-order valence-corrected chi connectivity index (χ1v) is 7.01. The maximum atomic E-state index is 3.36. The molecular formula is C17H29N. The van der Waals surface area contributed by atoms with Crippen LogP contribution in [0, 0.1) is 32.1 Å². The molecule has 1 N–H and O–H groups in total. The molecule has 102 valence electrons. The van der Waals surface area contributed by atoms with Crippen LogP contribution in [0.1, 0.15) is 43.0 Å². The summed E-state index contributed by atoms with van der Waals surface area (Å²) in [5.41, 5.74) is 6.10. The van der Waals surface area contributed by atoms with Crippen LogP contribution in [0.5, 0.6) is 0 Å². The highest BCUT2D eigenvalue weighted by molar-refractivity contribution is 5.38. The Kier molecular flexibility index (Phi) is 4.98. The second-order valence-corrected chi connectivity index (χ2v) is 6.39. The van der Waals surface area contributed by atoms with Crippen molar-refractivity contribution < 1.29 is 0 Å². The second-order valence-electron chi connectivity index (χ2n) is 6.39. The van der Waals surface area contributed by atoms with Crippen molar-refractivity contribution in [1.29, 1.82) is 0 Å². The third kappa shape index (κ3) is 3.35. The third-order valence-electron chi connectivity index (χ3n) is 4.40. The van der Waals surface area contributed by atoms with E-state index in [4.69, 9.17) is 0 Å². The summed E-state index contributed by atoms with van der Waals surface area (Å²) in [7, 11) is 2.05. The molecule has 0 aliphatic rings. The molecule has 0 saturated heterocycles. The van der Waals surface area contributed by atoms with Crippen LogP contribution in [0.3, 0.4) is 0 Å². The molecule has 0 bridgehead atoms. The molecule has 0 aliphatic carbocycles. The quantitative estimate of drug-likeness (QED) is 0.828. The van der Waals surface area contributed by atoms with Gasteiger partial charge in [0, 0.05) is 6.54 Å². The Hall–Kier alpha value is -0.820. The summed E-state index contributed by atoms with van der Waals surface area (Å²) in [6, 6.07) is 4.62. The Balaban J connectivity index is 3.09. The zero-order valence-electron chi connectivity index (χ0n) is 13.1. The van der Waals surface area contributed by atoms with Gasteiger partial charge in [-0.15, -0.1) is 0 Å². The van der Waals surface area contributed by atoms with Crippen molar-refractivity contribution in [2.75, 3.05) is 13.6 Å². The van der Waals surface area contributed by atoms with E-state index >= 15 is 0 Å². The zero-order valence-corrected chi connectivity index (χ0v) is 13.1. The van der Waals surface area contributed by atoms with Gasteiger partial charge in [-0.3, -0.25) is 0 Å². The summed E-state index contributed by atoms with van der Waals surface area (Å²) in [5.74, 6) is 0.671. The Morgan fingerprint density at radius 2 is 1.61 bits per heavy atom. The molecule has 0 amide bonds. The van der Waals surface area contributed by atoms with Gasteiger partial charge in [0.15, 0.2) is 0 Å². The zero-order chi connectivity index (χ0) is 13.9. The second kappa shape index (κ2) is 5.88. The first kappa shape index (κ1) is 15.2. The average Bonchev–Trinajstić information content (AvgIpc) is 2.23. The lowest BCUT2D eigenvalue weighted by atomic mass is 9.73. The van der Waals surface area contributed by atoms with E-state index in [9.17, 15) is 0 Å². The SMILES string of the molecule is CNCC(C)(Cc1c(C)cc(C)cc1C)C(C)C. The summed E-state index contributed by atoms with van der Waals surface area (Å²) < 4.78 is 0. The summed E-state index contributed by atoms with van der Waals surface area (Å²) in [6.07, 6.45) is 1.16. The average molecular weight is 247 g/mol. The molecule has 1 aromatic carbocycles. The van der Waals surface area contributed by atoms with E-state index < -0.39 is 0 Å². The van der Waals surface area contributed by atoms with Gasteiger partial charge >= 0.3 is 0 Å². The Bertz CT molecular complexity index is 383. The standard InChI is InChI=1S/C17H29N/c1-12(2)17(6,11-18-7)10-16-14(4)8-13(3)9-15(16)5/h8-9,12,18H,10-11H2,1-7H3. The highest BCUT2D eigenvalue weighted by Gasteiger charge is 2.29. The van der Waals surface area contributed by atoms with Gasteiger partial charge < -0.3 is 5.32 Å². The summed E-state index contributed by atoms with van der Waals surface area (Å²) in [4.78, 5) is 0. The number of benzene rings is 1. The van der Waals surface area contributed by atoms with Gasteiger partial charge in [0.25, 0.3) is 0 Å². The molecule has 0 heterocycles. The number of nitrogens with one attached hydrogen (secondary N) is 1. The Morgan fingerprint density at radius 1 is 1.11 bits per heavy atom. The minimum atomic E-state index is 0.319. The van der Waals surface area contributed by atoms with Gasteiger partial charge in [0.05, 0.1) is 0 Å².